The van der Waals surface area contributed by atoms with E-state index in [1.165, 1.54) is 42.4 Å². The molecule has 7 heterocycles. The van der Waals surface area contributed by atoms with Gasteiger partial charge in [0, 0.05) is 40.4 Å². The Morgan fingerprint density at radius 3 is 1.49 bits per heavy atom. The zero-order chi connectivity index (χ0) is 79.3. The fourth-order valence-electron chi connectivity index (χ4n) is 13.7. The highest BCUT2D eigenvalue weighted by molar-refractivity contribution is 5.98. The molecule has 7 fully saturated rings. The van der Waals surface area contributed by atoms with Crippen LogP contribution in [0.2, 0.25) is 0 Å². The minimum atomic E-state index is -2.21. The molecule has 29 atom stereocenters. The van der Waals surface area contributed by atoms with E-state index in [9.17, 15) is 114 Å². The number of primary amides is 1. The maximum atomic E-state index is 15.1. The molecule has 0 radical (unpaired) electrons. The summed E-state index contributed by atoms with van der Waals surface area (Å²) in [5.41, 5.74) is 5.36. The molecule has 12 amide bonds. The average molecular weight is 1540 g/mol. The molecule has 0 aromatic heterocycles. The van der Waals surface area contributed by atoms with Gasteiger partial charge >= 0.3 is 0 Å². The van der Waals surface area contributed by atoms with Crippen LogP contribution >= 0.6 is 0 Å². The predicted octanol–water partition coefficient (Wildman–Crippen LogP) is -14.0. The fourth-order valence-corrected chi connectivity index (χ4v) is 13.7. The first kappa shape index (κ1) is 87.1. The SMILES string of the molecule is CC(=O)NC(C)C(=O)N1CCCC1C(=O)NCC(=O)NC(CO)C(=O)NC(C(=O)NC(C)C(=O)N1CCCC1C(=O)N1CCCC1C(=O)NC(C)C(N)=O)C(C)O[C@@H]1OC(CO[C@@H]2OC(CO)[C@H](O[C@@H]3OC(CO)[C@H](O)C(O)[C@H]3O)C(O)[C@H]2NC(C)=O)[C@H](O)C(O[C@@H]2OC(CO)[C@H](O)C(O)[C@H]2O)[C@H]1NC(C)=O. The van der Waals surface area contributed by atoms with Crippen molar-refractivity contribution < 1.29 is 157 Å². The lowest BCUT2D eigenvalue weighted by Crippen LogP contribution is -2.70. The third-order valence-electron chi connectivity index (χ3n) is 19.4. The number of hydrogen-bond acceptors (Lipinski definition) is 32. The molecular formula is C63H102N12O32. The van der Waals surface area contributed by atoms with E-state index in [2.05, 4.69) is 42.5 Å². The summed E-state index contributed by atoms with van der Waals surface area (Å²) in [5.74, 6) is -10.5. The van der Waals surface area contributed by atoms with Gasteiger partial charge in [0.15, 0.2) is 25.2 Å². The molecule has 44 heteroatoms. The molecule has 0 aromatic rings. The van der Waals surface area contributed by atoms with E-state index >= 15 is 4.79 Å². The van der Waals surface area contributed by atoms with Crippen LogP contribution in [0.4, 0.5) is 0 Å². The van der Waals surface area contributed by atoms with E-state index in [-0.39, 0.29) is 45.3 Å². The van der Waals surface area contributed by atoms with E-state index in [0.717, 1.165) is 20.8 Å². The van der Waals surface area contributed by atoms with Crippen LogP contribution in [0.25, 0.3) is 0 Å². The number of likely N-dealkylation sites (tertiary alicyclic amines) is 3. The summed E-state index contributed by atoms with van der Waals surface area (Å²) in [6, 6.07) is -14.9. The maximum absolute atomic E-state index is 15.1. The Balaban J connectivity index is 1.19. The van der Waals surface area contributed by atoms with Crippen molar-refractivity contribution in [2.24, 2.45) is 5.73 Å². The standard InChI is InChI=1S/C63H102N12O32/c1-23(52(64)92)67-55(95)32-12-9-15-74(32)59(99)33-13-10-16-75(33)58(98)25(3)68-56(96)39(72-53(93)30(18-76)71-38(83)17-65-54(94)31-11-8-14-73(31)57(97)24(2)66-27(5)80)26(4)101-61-41(70-29(7)82)51(107-63-49(91)47(89)43(85)35(20-78)103-63)44(86)37(105-61)22-100-60-40(69-28(6)81)45(87)50(36(21-79)104-60)106-62-48(90)46(88)42(84)34(19-77)102-62/h23-26,30-37,39-51,60-63,76-79,84-91H,8-22H2,1-7H3,(H2,64,92)(H,65,94)(H,66,80)(H,67,95)(H,68,96)(H,69,81)(H,70,82)(H,71,83)(H,72,93)/t23?,24?,25?,26?,30?,31?,32?,33?,34?,35?,36?,37?,39?,40-,41-,42+,43+,44+,45?,46?,47?,48-,49-,50+,51?,60-,61-,62+,63+/m1/s1. The number of aliphatic hydroxyl groups excluding tert-OH is 12. The van der Waals surface area contributed by atoms with Crippen LogP contribution in [-0.4, -0.2) is 383 Å². The van der Waals surface area contributed by atoms with Gasteiger partial charge in [-0.3, -0.25) is 57.5 Å². The van der Waals surface area contributed by atoms with Crippen LogP contribution in [0.3, 0.4) is 0 Å². The third kappa shape index (κ3) is 21.3. The van der Waals surface area contributed by atoms with Crippen molar-refractivity contribution in [3.63, 3.8) is 0 Å². The second-order valence-corrected chi connectivity index (χ2v) is 27.3. The monoisotopic (exact) mass is 1540 g/mol. The van der Waals surface area contributed by atoms with Gasteiger partial charge in [-0.2, -0.15) is 0 Å². The van der Waals surface area contributed by atoms with Crippen LogP contribution in [0.15, 0.2) is 0 Å². The molecule has 0 bridgehead atoms. The molecule has 0 spiro atoms. The largest absolute Gasteiger partial charge is 0.394 e. The Kier molecular flexibility index (Phi) is 31.7. The quantitative estimate of drug-likeness (QED) is 0.0306. The van der Waals surface area contributed by atoms with Crippen molar-refractivity contribution >= 4 is 70.9 Å². The smallest absolute Gasteiger partial charge is 0.246 e. The minimum Gasteiger partial charge on any atom is -0.394 e. The highest BCUT2D eigenvalue weighted by Crippen LogP contribution is 2.35. The van der Waals surface area contributed by atoms with Crippen LogP contribution in [0.5, 0.6) is 0 Å². The van der Waals surface area contributed by atoms with E-state index < -0.39 is 288 Å². The zero-order valence-electron chi connectivity index (χ0n) is 59.8. The molecule has 0 saturated carbocycles. The summed E-state index contributed by atoms with van der Waals surface area (Å²) in [6.45, 7) is 2.43. The number of carbonyl (C=O) groups excluding carboxylic acids is 12. The van der Waals surface area contributed by atoms with E-state index in [4.69, 9.17) is 43.6 Å². The number of carbonyl (C=O) groups is 12. The van der Waals surface area contributed by atoms with Gasteiger partial charge in [0.25, 0.3) is 0 Å². The van der Waals surface area contributed by atoms with Crippen molar-refractivity contribution in [1.29, 1.82) is 0 Å². The first-order valence-electron chi connectivity index (χ1n) is 35.1. The van der Waals surface area contributed by atoms with Gasteiger partial charge in [-0.1, -0.05) is 0 Å². The van der Waals surface area contributed by atoms with Crippen molar-refractivity contribution in [1.82, 2.24) is 57.2 Å². The van der Waals surface area contributed by atoms with Crippen molar-refractivity contribution in [2.75, 3.05) is 59.2 Å². The van der Waals surface area contributed by atoms with Crippen LogP contribution in [0.1, 0.15) is 87.0 Å². The lowest BCUT2D eigenvalue weighted by Gasteiger charge is -2.49. The second-order valence-electron chi connectivity index (χ2n) is 27.3. The summed E-state index contributed by atoms with van der Waals surface area (Å²) >= 11 is 0. The van der Waals surface area contributed by atoms with Gasteiger partial charge in [0.05, 0.1) is 45.7 Å². The number of amides is 12. The van der Waals surface area contributed by atoms with Crippen LogP contribution in [-0.2, 0) is 95.4 Å². The molecule has 7 aliphatic rings. The Morgan fingerprint density at radius 2 is 0.963 bits per heavy atom. The molecule has 0 aliphatic carbocycles. The molecule has 7 aliphatic heterocycles. The molecule has 22 N–H and O–H groups in total. The van der Waals surface area contributed by atoms with Crippen molar-refractivity contribution in [3.05, 3.63) is 0 Å². The maximum Gasteiger partial charge on any atom is 0.246 e. The molecule has 107 heavy (non-hydrogen) atoms. The normalized spacial score (nSPS) is 34.7. The number of nitrogens with zero attached hydrogens (tertiary/aromatic N) is 3. The fraction of sp³-hybridized carbons (Fsp3) is 0.810. The van der Waals surface area contributed by atoms with E-state index in [1.807, 2.05) is 0 Å². The number of aliphatic hydroxyl groups is 12. The summed E-state index contributed by atoms with van der Waals surface area (Å²) in [7, 11) is 0. The Labute approximate surface area is 612 Å². The lowest BCUT2D eigenvalue weighted by atomic mass is 9.94. The number of nitrogens with one attached hydrogen (secondary N) is 8. The Hall–Kier alpha value is -7.16. The lowest BCUT2D eigenvalue weighted by molar-refractivity contribution is -0.359. The summed E-state index contributed by atoms with van der Waals surface area (Å²) in [5, 5.41) is 149. The first-order valence-corrected chi connectivity index (χ1v) is 35.1. The summed E-state index contributed by atoms with van der Waals surface area (Å²) in [4.78, 5) is 165. The Bertz CT molecular complexity index is 3130. The van der Waals surface area contributed by atoms with E-state index in [0.29, 0.717) is 12.8 Å². The van der Waals surface area contributed by atoms with Gasteiger partial charge < -0.3 is 162 Å². The predicted molar refractivity (Wildman–Crippen MR) is 351 cm³/mol. The van der Waals surface area contributed by atoms with Gasteiger partial charge in [-0.25, -0.2) is 0 Å². The summed E-state index contributed by atoms with van der Waals surface area (Å²) in [6.07, 6.45) is -35.6. The third-order valence-corrected chi connectivity index (χ3v) is 19.4. The topological polar surface area (TPSA) is 653 Å². The summed E-state index contributed by atoms with van der Waals surface area (Å²) < 4.78 is 47.7. The van der Waals surface area contributed by atoms with Crippen LogP contribution in [0, 0.1) is 0 Å². The van der Waals surface area contributed by atoms with Gasteiger partial charge in [0.1, 0.15) is 146 Å². The molecule has 17 unspecified atom stereocenters. The molecule has 0 aromatic carbocycles. The van der Waals surface area contributed by atoms with Crippen molar-refractivity contribution in [2.45, 2.75) is 264 Å². The van der Waals surface area contributed by atoms with Gasteiger partial charge in [-0.05, 0) is 66.2 Å². The average Bonchev–Trinajstić information content (AvgIpc) is 1.58. The number of ether oxygens (including phenoxy) is 8. The minimum absolute atomic E-state index is 0.0395. The van der Waals surface area contributed by atoms with Crippen LogP contribution < -0.4 is 48.3 Å². The van der Waals surface area contributed by atoms with Crippen molar-refractivity contribution in [3.8, 4) is 0 Å². The highest BCUT2D eigenvalue weighted by Gasteiger charge is 2.56. The Morgan fingerprint density at radius 1 is 0.477 bits per heavy atom. The molecule has 7 saturated heterocycles. The van der Waals surface area contributed by atoms with Gasteiger partial charge in [-0.15, -0.1) is 0 Å². The number of rotatable bonds is 31. The molecule has 606 valence electrons. The molecular weight excluding hydrogens is 1440 g/mol. The first-order chi connectivity index (χ1) is 50.5. The number of hydrogen-bond donors (Lipinski definition) is 21. The highest BCUT2D eigenvalue weighted by atomic mass is 16.8. The second kappa shape index (κ2) is 39.0. The van der Waals surface area contributed by atoms with Gasteiger partial charge in [0.2, 0.25) is 70.9 Å². The molecule has 7 rings (SSSR count). The zero-order valence-corrected chi connectivity index (χ0v) is 59.8. The number of nitrogens with two attached hydrogens (primary N) is 1. The van der Waals surface area contributed by atoms with E-state index in [1.54, 1.807) is 0 Å². The molecule has 44 nitrogen and oxygen atoms in total.